The van der Waals surface area contributed by atoms with Gasteiger partial charge in [0.15, 0.2) is 0 Å². The topological polar surface area (TPSA) is 58.2 Å². The Kier molecular flexibility index (Phi) is 5.87. The molecule has 0 bridgehead atoms. The standard InChI is InChI=1S/C17H19FN2O2S/c1-11(20-17(22)15-7-4-10-23-15)8-9-19-16(21)13-5-3-6-14(18)12(13)2/h3-7,10-11H,8-9H2,1-2H3,(H,19,21)(H,20,22). The second-order valence-corrected chi connectivity index (χ2v) is 6.26. The summed E-state index contributed by atoms with van der Waals surface area (Å²) in [6.45, 7) is 3.86. The van der Waals surface area contributed by atoms with Crippen LogP contribution in [0.15, 0.2) is 35.7 Å². The summed E-state index contributed by atoms with van der Waals surface area (Å²) in [4.78, 5) is 24.6. The maximum Gasteiger partial charge on any atom is 0.261 e. The molecule has 1 aromatic heterocycles. The summed E-state index contributed by atoms with van der Waals surface area (Å²) in [5.74, 6) is -0.812. The normalized spacial score (nSPS) is 11.8. The number of halogens is 1. The Balaban J connectivity index is 1.79. The Morgan fingerprint density at radius 3 is 2.70 bits per heavy atom. The summed E-state index contributed by atoms with van der Waals surface area (Å²) in [6, 6.07) is 7.96. The van der Waals surface area contributed by atoms with E-state index >= 15 is 0 Å². The van der Waals surface area contributed by atoms with Crippen molar-refractivity contribution in [3.63, 3.8) is 0 Å². The van der Waals surface area contributed by atoms with E-state index in [9.17, 15) is 14.0 Å². The molecule has 1 atom stereocenters. The molecule has 4 nitrogen and oxygen atoms in total. The van der Waals surface area contributed by atoms with E-state index in [1.54, 1.807) is 19.1 Å². The summed E-state index contributed by atoms with van der Waals surface area (Å²) >= 11 is 1.38. The van der Waals surface area contributed by atoms with Crippen molar-refractivity contribution in [2.45, 2.75) is 26.3 Å². The minimum Gasteiger partial charge on any atom is -0.352 e. The summed E-state index contributed by atoms with van der Waals surface area (Å²) in [5.41, 5.74) is 0.671. The third-order valence-corrected chi connectivity index (χ3v) is 4.37. The number of hydrogen-bond donors (Lipinski definition) is 2. The van der Waals surface area contributed by atoms with E-state index in [1.165, 1.54) is 23.5 Å². The smallest absolute Gasteiger partial charge is 0.261 e. The molecule has 2 N–H and O–H groups in total. The SMILES string of the molecule is Cc1c(F)cccc1C(=O)NCCC(C)NC(=O)c1cccs1. The van der Waals surface area contributed by atoms with Crippen LogP contribution in [0, 0.1) is 12.7 Å². The van der Waals surface area contributed by atoms with Crippen LogP contribution in [0.3, 0.4) is 0 Å². The average molecular weight is 334 g/mol. The molecule has 23 heavy (non-hydrogen) atoms. The lowest BCUT2D eigenvalue weighted by molar-refractivity contribution is 0.0940. The zero-order valence-electron chi connectivity index (χ0n) is 13.1. The molecule has 0 aliphatic rings. The van der Waals surface area contributed by atoms with Crippen molar-refractivity contribution in [1.82, 2.24) is 10.6 Å². The highest BCUT2D eigenvalue weighted by molar-refractivity contribution is 7.12. The molecular weight excluding hydrogens is 315 g/mol. The number of hydrogen-bond acceptors (Lipinski definition) is 3. The van der Waals surface area contributed by atoms with Crippen molar-refractivity contribution >= 4 is 23.2 Å². The summed E-state index contributed by atoms with van der Waals surface area (Å²) in [5, 5.41) is 7.48. The highest BCUT2D eigenvalue weighted by Gasteiger charge is 2.13. The van der Waals surface area contributed by atoms with Gasteiger partial charge in [0.1, 0.15) is 5.82 Å². The van der Waals surface area contributed by atoms with Crippen molar-refractivity contribution in [3.05, 3.63) is 57.5 Å². The van der Waals surface area contributed by atoms with Crippen LogP contribution in [-0.2, 0) is 0 Å². The first-order valence-electron chi connectivity index (χ1n) is 7.36. The molecule has 0 radical (unpaired) electrons. The van der Waals surface area contributed by atoms with Gasteiger partial charge < -0.3 is 10.6 Å². The summed E-state index contributed by atoms with van der Waals surface area (Å²) < 4.78 is 13.4. The Bertz CT molecular complexity index is 686. The van der Waals surface area contributed by atoms with Gasteiger partial charge in [0.05, 0.1) is 4.88 Å². The Hall–Kier alpha value is -2.21. The zero-order chi connectivity index (χ0) is 16.8. The first-order valence-corrected chi connectivity index (χ1v) is 8.24. The van der Waals surface area contributed by atoms with Gasteiger partial charge in [0.2, 0.25) is 0 Å². The molecule has 0 saturated heterocycles. The fourth-order valence-corrected chi connectivity index (χ4v) is 2.75. The van der Waals surface area contributed by atoms with Crippen LogP contribution in [0.5, 0.6) is 0 Å². The fraction of sp³-hybridized carbons (Fsp3) is 0.294. The third-order valence-electron chi connectivity index (χ3n) is 3.50. The van der Waals surface area contributed by atoms with Crippen molar-refractivity contribution in [3.8, 4) is 0 Å². The second kappa shape index (κ2) is 7.87. The highest BCUT2D eigenvalue weighted by Crippen LogP contribution is 2.12. The van der Waals surface area contributed by atoms with Gasteiger partial charge in [-0.15, -0.1) is 11.3 Å². The summed E-state index contributed by atoms with van der Waals surface area (Å²) in [7, 11) is 0. The molecule has 1 aromatic carbocycles. The van der Waals surface area contributed by atoms with E-state index < -0.39 is 5.82 Å². The minimum atomic E-state index is -0.394. The Labute approximate surface area is 138 Å². The van der Waals surface area contributed by atoms with Crippen LogP contribution in [0.2, 0.25) is 0 Å². The number of benzene rings is 1. The lowest BCUT2D eigenvalue weighted by Gasteiger charge is -2.14. The first-order chi connectivity index (χ1) is 11.0. The third kappa shape index (κ3) is 4.63. The molecule has 122 valence electrons. The van der Waals surface area contributed by atoms with Gasteiger partial charge in [0.25, 0.3) is 11.8 Å². The molecule has 1 unspecified atom stereocenters. The van der Waals surface area contributed by atoms with Gasteiger partial charge in [-0.3, -0.25) is 9.59 Å². The number of carbonyl (C=O) groups is 2. The van der Waals surface area contributed by atoms with Crippen molar-refractivity contribution < 1.29 is 14.0 Å². The van der Waals surface area contributed by atoms with E-state index in [0.29, 0.717) is 29.0 Å². The molecule has 2 amide bonds. The van der Waals surface area contributed by atoms with Gasteiger partial charge in [-0.2, -0.15) is 0 Å². The lowest BCUT2D eigenvalue weighted by Crippen LogP contribution is -2.35. The fourth-order valence-electron chi connectivity index (χ4n) is 2.13. The lowest BCUT2D eigenvalue weighted by atomic mass is 10.1. The predicted molar refractivity (Wildman–Crippen MR) is 89.3 cm³/mol. The van der Waals surface area contributed by atoms with E-state index in [1.807, 2.05) is 18.4 Å². The van der Waals surface area contributed by atoms with E-state index in [0.717, 1.165) is 0 Å². The second-order valence-electron chi connectivity index (χ2n) is 5.31. The van der Waals surface area contributed by atoms with Crippen LogP contribution < -0.4 is 10.6 Å². The molecule has 2 aromatic rings. The van der Waals surface area contributed by atoms with E-state index in [-0.39, 0.29) is 17.9 Å². The van der Waals surface area contributed by atoms with Gasteiger partial charge in [-0.25, -0.2) is 4.39 Å². The van der Waals surface area contributed by atoms with Gasteiger partial charge in [0, 0.05) is 18.2 Å². The number of nitrogens with one attached hydrogen (secondary N) is 2. The predicted octanol–water partition coefficient (Wildman–Crippen LogP) is 3.13. The molecule has 6 heteroatoms. The quantitative estimate of drug-likeness (QED) is 0.853. The molecule has 1 heterocycles. The maximum absolute atomic E-state index is 13.4. The molecule has 0 spiro atoms. The molecule has 0 fully saturated rings. The molecule has 0 aliphatic carbocycles. The highest BCUT2D eigenvalue weighted by atomic mass is 32.1. The molecular formula is C17H19FN2O2S. The van der Waals surface area contributed by atoms with Crippen LogP contribution in [0.4, 0.5) is 4.39 Å². The van der Waals surface area contributed by atoms with Crippen molar-refractivity contribution in [2.75, 3.05) is 6.54 Å². The van der Waals surface area contributed by atoms with Crippen molar-refractivity contribution in [2.24, 2.45) is 0 Å². The largest absolute Gasteiger partial charge is 0.352 e. The minimum absolute atomic E-state index is 0.0708. The Morgan fingerprint density at radius 2 is 2.00 bits per heavy atom. The maximum atomic E-state index is 13.4. The van der Waals surface area contributed by atoms with Crippen LogP contribution in [-0.4, -0.2) is 24.4 Å². The van der Waals surface area contributed by atoms with Crippen LogP contribution in [0.25, 0.3) is 0 Å². The van der Waals surface area contributed by atoms with Gasteiger partial charge >= 0.3 is 0 Å². The van der Waals surface area contributed by atoms with Crippen LogP contribution in [0.1, 0.15) is 38.9 Å². The van der Waals surface area contributed by atoms with Crippen molar-refractivity contribution in [1.29, 1.82) is 0 Å². The molecule has 0 aliphatic heterocycles. The monoisotopic (exact) mass is 334 g/mol. The summed E-state index contributed by atoms with van der Waals surface area (Å²) in [6.07, 6.45) is 0.594. The van der Waals surface area contributed by atoms with Gasteiger partial charge in [-0.05, 0) is 49.4 Å². The van der Waals surface area contributed by atoms with E-state index in [4.69, 9.17) is 0 Å². The first kappa shape index (κ1) is 17.1. The number of carbonyl (C=O) groups excluding carboxylic acids is 2. The number of thiophene rings is 1. The molecule has 2 rings (SSSR count). The zero-order valence-corrected chi connectivity index (χ0v) is 13.9. The molecule has 0 saturated carbocycles. The number of amides is 2. The van der Waals surface area contributed by atoms with Gasteiger partial charge in [-0.1, -0.05) is 12.1 Å². The average Bonchev–Trinajstić information content (AvgIpc) is 3.04. The van der Waals surface area contributed by atoms with Crippen LogP contribution >= 0.6 is 11.3 Å². The Morgan fingerprint density at radius 1 is 1.22 bits per heavy atom. The van der Waals surface area contributed by atoms with E-state index in [2.05, 4.69) is 10.6 Å². The number of rotatable bonds is 6.